The average Bonchev–Trinajstić information content (AvgIpc) is 2.73. The number of para-hydroxylation sites is 1. The zero-order valence-corrected chi connectivity index (χ0v) is 17.2. The van der Waals surface area contributed by atoms with Gasteiger partial charge in [-0.15, -0.1) is 0 Å². The minimum absolute atomic E-state index is 0.0750. The van der Waals surface area contributed by atoms with Crippen LogP contribution in [-0.2, 0) is 10.4 Å². The fourth-order valence-corrected chi connectivity index (χ4v) is 3.87. The Morgan fingerprint density at radius 2 is 1.79 bits per heavy atom. The first-order chi connectivity index (χ1) is 13.6. The maximum absolute atomic E-state index is 13.5. The number of ether oxygens (including phenoxy) is 2. The number of carbonyl (C=O) groups excluding carboxylic acids is 1. The van der Waals surface area contributed by atoms with Crippen molar-refractivity contribution < 1.29 is 14.3 Å². The molecule has 0 aromatic heterocycles. The van der Waals surface area contributed by atoms with Gasteiger partial charge in [0.05, 0.1) is 12.2 Å². The molecule has 1 N–H and O–H groups in total. The molecule has 1 amide bonds. The molecule has 3 rings (SSSR count). The van der Waals surface area contributed by atoms with Gasteiger partial charge in [-0.05, 0) is 49.6 Å². The van der Waals surface area contributed by atoms with Crippen molar-refractivity contribution in [2.45, 2.75) is 45.3 Å². The SMILES string of the molecule is CCC(C)N1C(=O)c2ccccc2NC1(CC)c1ccc(OCCOC)cc1. The lowest BCUT2D eigenvalue weighted by Gasteiger charge is -2.51. The Morgan fingerprint density at radius 1 is 1.07 bits per heavy atom. The van der Waals surface area contributed by atoms with Gasteiger partial charge in [0, 0.05) is 18.8 Å². The monoisotopic (exact) mass is 382 g/mol. The van der Waals surface area contributed by atoms with E-state index in [1.165, 1.54) is 0 Å². The van der Waals surface area contributed by atoms with Gasteiger partial charge >= 0.3 is 0 Å². The minimum Gasteiger partial charge on any atom is -0.491 e. The second kappa shape index (κ2) is 8.65. The highest BCUT2D eigenvalue weighted by Gasteiger charge is 2.46. The third-order valence-electron chi connectivity index (χ3n) is 5.56. The number of methoxy groups -OCH3 is 1. The summed E-state index contributed by atoms with van der Waals surface area (Å²) in [7, 11) is 1.66. The van der Waals surface area contributed by atoms with Crippen LogP contribution < -0.4 is 10.1 Å². The first kappa shape index (κ1) is 20.2. The molecule has 0 bridgehead atoms. The number of hydrogen-bond donors (Lipinski definition) is 1. The quantitative estimate of drug-likeness (QED) is 0.676. The van der Waals surface area contributed by atoms with Crippen LogP contribution in [0.25, 0.3) is 0 Å². The van der Waals surface area contributed by atoms with Crippen LogP contribution in [0.15, 0.2) is 48.5 Å². The maximum Gasteiger partial charge on any atom is 0.258 e. The number of benzene rings is 2. The summed E-state index contributed by atoms with van der Waals surface area (Å²) < 4.78 is 10.7. The van der Waals surface area contributed by atoms with E-state index >= 15 is 0 Å². The number of carbonyl (C=O) groups is 1. The smallest absolute Gasteiger partial charge is 0.258 e. The third kappa shape index (κ3) is 3.59. The lowest BCUT2D eigenvalue weighted by Crippen LogP contribution is -2.60. The lowest BCUT2D eigenvalue weighted by atomic mass is 9.88. The molecule has 150 valence electrons. The van der Waals surface area contributed by atoms with Crippen molar-refractivity contribution in [3.05, 3.63) is 59.7 Å². The van der Waals surface area contributed by atoms with Crippen molar-refractivity contribution in [1.29, 1.82) is 0 Å². The predicted molar refractivity (Wildman–Crippen MR) is 112 cm³/mol. The summed E-state index contributed by atoms with van der Waals surface area (Å²) in [6, 6.07) is 15.9. The number of anilines is 1. The van der Waals surface area contributed by atoms with Crippen molar-refractivity contribution in [1.82, 2.24) is 4.90 Å². The molecule has 0 saturated heterocycles. The van der Waals surface area contributed by atoms with Crippen molar-refractivity contribution >= 4 is 11.6 Å². The Balaban J connectivity index is 2.02. The van der Waals surface area contributed by atoms with Crippen LogP contribution in [0.4, 0.5) is 5.69 Å². The van der Waals surface area contributed by atoms with Crippen molar-refractivity contribution in [2.75, 3.05) is 25.6 Å². The highest BCUT2D eigenvalue weighted by atomic mass is 16.5. The van der Waals surface area contributed by atoms with Crippen LogP contribution >= 0.6 is 0 Å². The molecule has 0 aliphatic carbocycles. The molecule has 0 saturated carbocycles. The molecule has 1 aliphatic heterocycles. The lowest BCUT2D eigenvalue weighted by molar-refractivity contribution is 0.0335. The van der Waals surface area contributed by atoms with Crippen LogP contribution in [0.1, 0.15) is 49.5 Å². The number of nitrogens with one attached hydrogen (secondary N) is 1. The topological polar surface area (TPSA) is 50.8 Å². The van der Waals surface area contributed by atoms with E-state index in [0.717, 1.165) is 35.4 Å². The Labute approximate surface area is 167 Å². The summed E-state index contributed by atoms with van der Waals surface area (Å²) in [6.45, 7) is 7.41. The van der Waals surface area contributed by atoms with Crippen LogP contribution in [0.5, 0.6) is 5.75 Å². The summed E-state index contributed by atoms with van der Waals surface area (Å²) in [6.07, 6.45) is 1.64. The normalized spacial score (nSPS) is 19.7. The summed E-state index contributed by atoms with van der Waals surface area (Å²) in [4.78, 5) is 15.5. The molecule has 2 aromatic carbocycles. The summed E-state index contributed by atoms with van der Waals surface area (Å²) >= 11 is 0. The Morgan fingerprint density at radius 3 is 2.43 bits per heavy atom. The van der Waals surface area contributed by atoms with Gasteiger partial charge in [0.2, 0.25) is 0 Å². The molecule has 28 heavy (non-hydrogen) atoms. The van der Waals surface area contributed by atoms with Gasteiger partial charge in [-0.2, -0.15) is 0 Å². The van der Waals surface area contributed by atoms with Gasteiger partial charge in [-0.3, -0.25) is 4.79 Å². The first-order valence-electron chi connectivity index (χ1n) is 10.0. The van der Waals surface area contributed by atoms with Gasteiger partial charge < -0.3 is 19.7 Å². The number of nitrogens with zero attached hydrogens (tertiary/aromatic N) is 1. The number of hydrogen-bond acceptors (Lipinski definition) is 4. The standard InChI is InChI=1S/C23H30N2O3/c1-5-17(3)25-22(26)20-9-7-8-10-21(20)24-23(25,6-2)18-11-13-19(14-12-18)28-16-15-27-4/h7-14,17,24H,5-6,15-16H2,1-4H3. The van der Waals surface area contributed by atoms with Gasteiger partial charge in [0.1, 0.15) is 18.0 Å². The largest absolute Gasteiger partial charge is 0.491 e. The van der Waals surface area contributed by atoms with E-state index in [-0.39, 0.29) is 11.9 Å². The molecular weight excluding hydrogens is 352 g/mol. The number of fused-ring (bicyclic) bond motifs is 1. The van der Waals surface area contributed by atoms with Crippen LogP contribution in [-0.4, -0.2) is 37.2 Å². The summed E-state index contributed by atoms with van der Waals surface area (Å²) in [5, 5.41) is 3.69. The molecule has 0 radical (unpaired) electrons. The summed E-state index contributed by atoms with van der Waals surface area (Å²) in [5.41, 5.74) is 2.07. The highest BCUT2D eigenvalue weighted by molar-refractivity contribution is 6.02. The molecule has 1 heterocycles. The van der Waals surface area contributed by atoms with E-state index in [2.05, 4.69) is 38.2 Å². The number of rotatable bonds is 8. The van der Waals surface area contributed by atoms with Crippen molar-refractivity contribution in [2.24, 2.45) is 0 Å². The van der Waals surface area contributed by atoms with Crippen LogP contribution in [0, 0.1) is 0 Å². The Hall–Kier alpha value is -2.53. The Bertz CT molecular complexity index is 806. The van der Waals surface area contributed by atoms with Gasteiger partial charge in [-0.25, -0.2) is 0 Å². The maximum atomic E-state index is 13.5. The predicted octanol–water partition coefficient (Wildman–Crippen LogP) is 4.64. The molecule has 2 atom stereocenters. The second-order valence-corrected chi connectivity index (χ2v) is 7.18. The van der Waals surface area contributed by atoms with E-state index in [9.17, 15) is 4.79 Å². The van der Waals surface area contributed by atoms with Gasteiger partial charge in [0.15, 0.2) is 0 Å². The van der Waals surface area contributed by atoms with Crippen LogP contribution in [0.2, 0.25) is 0 Å². The van der Waals surface area contributed by atoms with E-state index < -0.39 is 5.66 Å². The molecule has 0 spiro atoms. The Kier molecular flexibility index (Phi) is 6.25. The second-order valence-electron chi connectivity index (χ2n) is 7.18. The van der Waals surface area contributed by atoms with Crippen LogP contribution in [0.3, 0.4) is 0 Å². The van der Waals surface area contributed by atoms with E-state index in [4.69, 9.17) is 9.47 Å². The number of amides is 1. The van der Waals surface area contributed by atoms with Gasteiger partial charge in [-0.1, -0.05) is 38.1 Å². The van der Waals surface area contributed by atoms with E-state index in [0.29, 0.717) is 13.2 Å². The van der Waals surface area contributed by atoms with E-state index in [1.807, 2.05) is 41.3 Å². The van der Waals surface area contributed by atoms with Crippen molar-refractivity contribution in [3.8, 4) is 5.75 Å². The molecule has 2 aromatic rings. The molecule has 2 unspecified atom stereocenters. The molecule has 5 heteroatoms. The zero-order chi connectivity index (χ0) is 20.1. The average molecular weight is 383 g/mol. The summed E-state index contributed by atoms with van der Waals surface area (Å²) in [5.74, 6) is 0.871. The molecular formula is C23H30N2O3. The van der Waals surface area contributed by atoms with E-state index in [1.54, 1.807) is 7.11 Å². The molecule has 5 nitrogen and oxygen atoms in total. The fraction of sp³-hybridized carbons (Fsp3) is 0.435. The zero-order valence-electron chi connectivity index (χ0n) is 17.2. The first-order valence-corrected chi connectivity index (χ1v) is 10.0. The molecule has 1 aliphatic rings. The van der Waals surface area contributed by atoms with Crippen molar-refractivity contribution in [3.63, 3.8) is 0 Å². The minimum atomic E-state index is -0.591. The van der Waals surface area contributed by atoms with Gasteiger partial charge in [0.25, 0.3) is 5.91 Å². The molecule has 0 fully saturated rings. The highest BCUT2D eigenvalue weighted by Crippen LogP contribution is 2.42. The fourth-order valence-electron chi connectivity index (χ4n) is 3.87. The third-order valence-corrected chi connectivity index (χ3v) is 5.56.